The lowest BCUT2D eigenvalue weighted by atomic mass is 10.1. The normalized spacial score (nSPS) is 16.6. The second-order valence-corrected chi connectivity index (χ2v) is 7.96. The van der Waals surface area contributed by atoms with Crippen molar-refractivity contribution in [1.29, 1.82) is 0 Å². The minimum Gasteiger partial charge on any atom is -0.507 e. The Balaban J connectivity index is 1.81. The highest BCUT2D eigenvalue weighted by Crippen LogP contribution is 2.33. The number of thiocarbonyl (C=S) groups is 1. The van der Waals surface area contributed by atoms with Gasteiger partial charge in [-0.05, 0) is 48.4 Å². The molecule has 1 heterocycles. The summed E-state index contributed by atoms with van der Waals surface area (Å²) in [5.41, 5.74) is 2.45. The minimum absolute atomic E-state index is 0.105. The summed E-state index contributed by atoms with van der Waals surface area (Å²) in [7, 11) is 0. The van der Waals surface area contributed by atoms with E-state index in [0.717, 1.165) is 11.1 Å². The van der Waals surface area contributed by atoms with Crippen molar-refractivity contribution in [3.05, 3.63) is 81.2 Å². The zero-order valence-electron chi connectivity index (χ0n) is 14.0. The highest BCUT2D eigenvalue weighted by molar-refractivity contribution is 8.26. The van der Waals surface area contributed by atoms with Gasteiger partial charge in [-0.25, -0.2) is 0 Å². The molecule has 132 valence electrons. The Morgan fingerprint density at radius 3 is 2.73 bits per heavy atom. The van der Waals surface area contributed by atoms with E-state index >= 15 is 0 Å². The van der Waals surface area contributed by atoms with E-state index in [0.29, 0.717) is 26.4 Å². The van der Waals surface area contributed by atoms with Gasteiger partial charge in [0.25, 0.3) is 5.91 Å². The highest BCUT2D eigenvalue weighted by Gasteiger charge is 2.31. The smallest absolute Gasteiger partial charge is 0.266 e. The van der Waals surface area contributed by atoms with Crippen LogP contribution in [-0.4, -0.2) is 20.2 Å². The van der Waals surface area contributed by atoms with Gasteiger partial charge in [-0.15, -0.1) is 0 Å². The van der Waals surface area contributed by atoms with Crippen LogP contribution in [0.15, 0.2) is 65.1 Å². The number of amides is 1. The first-order valence-electron chi connectivity index (χ1n) is 7.90. The Morgan fingerprint density at radius 1 is 1.27 bits per heavy atom. The number of thioether (sulfide) groups is 1. The molecule has 0 unspecified atom stereocenters. The van der Waals surface area contributed by atoms with Crippen LogP contribution in [0.2, 0.25) is 5.02 Å². The second-order valence-electron chi connectivity index (χ2n) is 5.84. The van der Waals surface area contributed by atoms with Crippen LogP contribution in [0, 0.1) is 0 Å². The van der Waals surface area contributed by atoms with Crippen LogP contribution in [-0.2, 0) is 11.3 Å². The number of rotatable bonds is 4. The molecule has 0 aliphatic carbocycles. The van der Waals surface area contributed by atoms with Crippen LogP contribution >= 0.6 is 35.6 Å². The molecule has 1 amide bonds. The average Bonchev–Trinajstić information content (AvgIpc) is 2.86. The number of allylic oxidation sites excluding steroid dienone is 2. The van der Waals surface area contributed by atoms with E-state index in [1.165, 1.54) is 11.8 Å². The van der Waals surface area contributed by atoms with Crippen LogP contribution in [0.3, 0.4) is 0 Å². The fourth-order valence-electron chi connectivity index (χ4n) is 2.54. The number of benzene rings is 2. The molecule has 0 atom stereocenters. The van der Waals surface area contributed by atoms with Crippen LogP contribution < -0.4 is 0 Å². The predicted molar refractivity (Wildman–Crippen MR) is 112 cm³/mol. The van der Waals surface area contributed by atoms with Gasteiger partial charge in [-0.1, -0.05) is 65.9 Å². The Labute approximate surface area is 167 Å². The molecule has 3 nitrogen and oxygen atoms in total. The van der Waals surface area contributed by atoms with Gasteiger partial charge in [-0.2, -0.15) is 0 Å². The Bertz CT molecular complexity index is 923. The molecule has 0 spiro atoms. The maximum Gasteiger partial charge on any atom is 0.266 e. The van der Waals surface area contributed by atoms with Crippen molar-refractivity contribution in [3.8, 4) is 5.75 Å². The number of aromatic hydroxyl groups is 1. The van der Waals surface area contributed by atoms with E-state index in [-0.39, 0.29) is 11.7 Å². The van der Waals surface area contributed by atoms with E-state index in [2.05, 4.69) is 0 Å². The monoisotopic (exact) mass is 401 g/mol. The number of carbonyl (C=O) groups excluding carboxylic acids is 1. The average molecular weight is 402 g/mol. The van der Waals surface area contributed by atoms with Gasteiger partial charge in [0.05, 0.1) is 11.4 Å². The van der Waals surface area contributed by atoms with Crippen molar-refractivity contribution in [1.82, 2.24) is 4.90 Å². The number of nitrogens with zero attached hydrogens (tertiary/aromatic N) is 1. The lowest BCUT2D eigenvalue weighted by molar-refractivity contribution is -0.122. The summed E-state index contributed by atoms with van der Waals surface area (Å²) in [5, 5.41) is 10.5. The summed E-state index contributed by atoms with van der Waals surface area (Å²) in [6.45, 7) is 2.32. The first-order chi connectivity index (χ1) is 12.4. The topological polar surface area (TPSA) is 40.5 Å². The molecule has 1 saturated heterocycles. The minimum atomic E-state index is -0.105. The first-order valence-corrected chi connectivity index (χ1v) is 9.50. The number of hydrogen-bond donors (Lipinski definition) is 1. The number of halogens is 1. The van der Waals surface area contributed by atoms with Crippen LogP contribution in [0.5, 0.6) is 5.75 Å². The van der Waals surface area contributed by atoms with Crippen LogP contribution in [0.4, 0.5) is 0 Å². The van der Waals surface area contributed by atoms with Crippen molar-refractivity contribution in [3.63, 3.8) is 0 Å². The predicted octanol–water partition coefficient (Wildman–Crippen LogP) is 5.39. The van der Waals surface area contributed by atoms with Gasteiger partial charge in [0.15, 0.2) is 0 Å². The third-order valence-corrected chi connectivity index (χ3v) is 5.40. The van der Waals surface area contributed by atoms with E-state index in [9.17, 15) is 9.90 Å². The molecule has 6 heteroatoms. The van der Waals surface area contributed by atoms with Crippen molar-refractivity contribution in [2.24, 2.45) is 0 Å². The number of phenolic OH excluding ortho intramolecular Hbond substituents is 1. The molecule has 2 aromatic rings. The maximum atomic E-state index is 12.7. The fourth-order valence-corrected chi connectivity index (χ4v) is 4.02. The van der Waals surface area contributed by atoms with Gasteiger partial charge in [-0.3, -0.25) is 9.69 Å². The molecule has 3 rings (SSSR count). The molecule has 1 N–H and O–H groups in total. The summed E-state index contributed by atoms with van der Waals surface area (Å²) in [6.07, 6.45) is 3.57. The summed E-state index contributed by atoms with van der Waals surface area (Å²) in [4.78, 5) is 14.9. The van der Waals surface area contributed by atoms with E-state index in [1.54, 1.807) is 35.3 Å². The highest BCUT2D eigenvalue weighted by atomic mass is 35.5. The molecule has 0 bridgehead atoms. The number of phenols is 1. The van der Waals surface area contributed by atoms with Crippen molar-refractivity contribution >= 4 is 51.9 Å². The SMILES string of the molecule is CC(=C\c1cc(Cl)ccc1O)/C=C1/SC(=S)N(Cc2ccccc2)C1=O. The third-order valence-electron chi connectivity index (χ3n) is 3.79. The summed E-state index contributed by atoms with van der Waals surface area (Å²) < 4.78 is 0.545. The van der Waals surface area contributed by atoms with E-state index in [1.807, 2.05) is 37.3 Å². The third kappa shape index (κ3) is 4.36. The zero-order chi connectivity index (χ0) is 18.7. The molecular formula is C20H16ClNO2S2. The van der Waals surface area contributed by atoms with Crippen LogP contribution in [0.25, 0.3) is 6.08 Å². The van der Waals surface area contributed by atoms with Gasteiger partial charge in [0.1, 0.15) is 10.1 Å². The molecule has 2 aromatic carbocycles. The van der Waals surface area contributed by atoms with Crippen molar-refractivity contribution in [2.45, 2.75) is 13.5 Å². The molecule has 1 aliphatic rings. The van der Waals surface area contributed by atoms with Gasteiger partial charge in [0, 0.05) is 10.6 Å². The molecule has 0 saturated carbocycles. The quantitative estimate of drug-likeness (QED) is 0.550. The van der Waals surface area contributed by atoms with Crippen molar-refractivity contribution < 1.29 is 9.90 Å². The largest absolute Gasteiger partial charge is 0.507 e. The van der Waals surface area contributed by atoms with Gasteiger partial charge in [0.2, 0.25) is 0 Å². The molecule has 0 aromatic heterocycles. The van der Waals surface area contributed by atoms with Crippen LogP contribution in [0.1, 0.15) is 18.1 Å². The molecule has 1 fully saturated rings. The standard InChI is InChI=1S/C20H16ClNO2S2/c1-13(9-15-11-16(21)7-8-17(15)23)10-18-19(24)22(20(25)26-18)12-14-5-3-2-4-6-14/h2-11,23H,12H2,1H3/b13-9+,18-10+. The summed E-state index contributed by atoms with van der Waals surface area (Å²) in [5.74, 6) is 0.0331. The summed E-state index contributed by atoms with van der Waals surface area (Å²) >= 11 is 12.6. The van der Waals surface area contributed by atoms with E-state index in [4.69, 9.17) is 23.8 Å². The Morgan fingerprint density at radius 2 is 2.00 bits per heavy atom. The zero-order valence-corrected chi connectivity index (χ0v) is 16.4. The molecule has 0 radical (unpaired) electrons. The lowest BCUT2D eigenvalue weighted by Crippen LogP contribution is -2.27. The second kappa shape index (κ2) is 8.08. The Hall–Kier alpha value is -2.08. The fraction of sp³-hybridized carbons (Fsp3) is 0.100. The molecular weight excluding hydrogens is 386 g/mol. The van der Waals surface area contributed by atoms with Gasteiger partial charge >= 0.3 is 0 Å². The van der Waals surface area contributed by atoms with E-state index < -0.39 is 0 Å². The van der Waals surface area contributed by atoms with Crippen molar-refractivity contribution in [2.75, 3.05) is 0 Å². The maximum absolute atomic E-state index is 12.7. The summed E-state index contributed by atoms with van der Waals surface area (Å²) in [6, 6.07) is 14.6. The molecule has 1 aliphatic heterocycles. The first kappa shape index (κ1) is 18.7. The number of hydrogen-bond acceptors (Lipinski definition) is 4. The lowest BCUT2D eigenvalue weighted by Gasteiger charge is -2.14. The molecule has 26 heavy (non-hydrogen) atoms. The Kier molecular flexibility index (Phi) is 5.81. The number of carbonyl (C=O) groups is 1. The van der Waals surface area contributed by atoms with Gasteiger partial charge < -0.3 is 5.11 Å².